The molecule has 1 heterocycles. The minimum Gasteiger partial charge on any atom is -0.298 e. The van der Waals surface area contributed by atoms with Crippen LogP contribution >= 0.6 is 0 Å². The number of carbonyl (C=O) groups excluding carboxylic acids is 1. The van der Waals surface area contributed by atoms with Gasteiger partial charge < -0.3 is 0 Å². The number of halogens is 3. The molecule has 0 fully saturated rings. The van der Waals surface area contributed by atoms with Crippen LogP contribution in [0, 0.1) is 17.1 Å². The standard InChI is InChI=1S/C8H3F3N2O/c9-7-5(3-14)4(8(10)11)2-13-6(7)1-12/h2-3,8H. The second kappa shape index (κ2) is 3.87. The predicted molar refractivity (Wildman–Crippen MR) is 39.3 cm³/mol. The fourth-order valence-electron chi connectivity index (χ4n) is 0.886. The Morgan fingerprint density at radius 1 is 1.57 bits per heavy atom. The van der Waals surface area contributed by atoms with E-state index in [0.717, 1.165) is 0 Å². The van der Waals surface area contributed by atoms with Crippen molar-refractivity contribution in [3.63, 3.8) is 0 Å². The van der Waals surface area contributed by atoms with E-state index in [2.05, 4.69) is 4.98 Å². The van der Waals surface area contributed by atoms with E-state index in [-0.39, 0.29) is 6.29 Å². The molecule has 0 atom stereocenters. The maximum Gasteiger partial charge on any atom is 0.266 e. The number of aromatic nitrogens is 1. The Bertz CT molecular complexity index is 412. The molecule has 1 rings (SSSR count). The fraction of sp³-hybridized carbons (Fsp3) is 0.125. The predicted octanol–water partition coefficient (Wildman–Crippen LogP) is 1.84. The van der Waals surface area contributed by atoms with Gasteiger partial charge in [-0.2, -0.15) is 5.26 Å². The summed E-state index contributed by atoms with van der Waals surface area (Å²) in [4.78, 5) is 13.5. The van der Waals surface area contributed by atoms with E-state index < -0.39 is 29.1 Å². The number of pyridine rings is 1. The van der Waals surface area contributed by atoms with Crippen molar-refractivity contribution < 1.29 is 18.0 Å². The monoisotopic (exact) mass is 200 g/mol. The summed E-state index contributed by atoms with van der Waals surface area (Å²) in [6.45, 7) is 0. The van der Waals surface area contributed by atoms with E-state index in [1.54, 1.807) is 0 Å². The first kappa shape index (κ1) is 10.2. The Hall–Kier alpha value is -1.90. The van der Waals surface area contributed by atoms with Crippen molar-refractivity contribution >= 4 is 6.29 Å². The summed E-state index contributed by atoms with van der Waals surface area (Å²) in [6.07, 6.45) is -2.43. The van der Waals surface area contributed by atoms with Crippen molar-refractivity contribution in [1.82, 2.24) is 4.98 Å². The average Bonchev–Trinajstić information content (AvgIpc) is 2.17. The first-order valence-electron chi connectivity index (χ1n) is 3.43. The van der Waals surface area contributed by atoms with Crippen molar-refractivity contribution in [3.05, 3.63) is 28.8 Å². The number of hydrogen-bond donors (Lipinski definition) is 0. The molecule has 72 valence electrons. The summed E-state index contributed by atoms with van der Waals surface area (Å²) >= 11 is 0. The van der Waals surface area contributed by atoms with Crippen LogP contribution in [0.1, 0.15) is 28.0 Å². The van der Waals surface area contributed by atoms with Gasteiger partial charge in [0.25, 0.3) is 6.43 Å². The SMILES string of the molecule is N#Cc1ncc(C(F)F)c(C=O)c1F. The van der Waals surface area contributed by atoms with Crippen LogP contribution in [0.4, 0.5) is 13.2 Å². The Morgan fingerprint density at radius 2 is 2.21 bits per heavy atom. The van der Waals surface area contributed by atoms with Gasteiger partial charge in [-0.05, 0) is 0 Å². The van der Waals surface area contributed by atoms with Crippen molar-refractivity contribution in [2.45, 2.75) is 6.43 Å². The number of nitrogens with zero attached hydrogens (tertiary/aromatic N) is 2. The summed E-state index contributed by atoms with van der Waals surface area (Å²) in [5.74, 6) is -1.31. The van der Waals surface area contributed by atoms with Gasteiger partial charge in [-0.1, -0.05) is 0 Å². The molecule has 6 heteroatoms. The van der Waals surface area contributed by atoms with Gasteiger partial charge >= 0.3 is 0 Å². The molecule has 0 aliphatic carbocycles. The van der Waals surface area contributed by atoms with E-state index in [9.17, 15) is 18.0 Å². The van der Waals surface area contributed by atoms with Crippen LogP contribution in [0.25, 0.3) is 0 Å². The summed E-state index contributed by atoms with van der Waals surface area (Å²) in [5, 5.41) is 8.31. The second-order valence-corrected chi connectivity index (χ2v) is 2.32. The van der Waals surface area contributed by atoms with Crippen molar-refractivity contribution in [2.75, 3.05) is 0 Å². The number of rotatable bonds is 2. The fourth-order valence-corrected chi connectivity index (χ4v) is 0.886. The lowest BCUT2D eigenvalue weighted by molar-refractivity contribution is 0.110. The first-order chi connectivity index (χ1) is 6.61. The minimum atomic E-state index is -3.00. The maximum absolute atomic E-state index is 13.0. The number of hydrogen-bond acceptors (Lipinski definition) is 3. The number of alkyl halides is 2. The van der Waals surface area contributed by atoms with Gasteiger partial charge in [0.05, 0.1) is 5.56 Å². The van der Waals surface area contributed by atoms with Crippen LogP contribution in [-0.2, 0) is 0 Å². The molecule has 1 aromatic rings. The Labute approximate surface area is 76.8 Å². The molecule has 1 aromatic heterocycles. The topological polar surface area (TPSA) is 53.8 Å². The summed E-state index contributed by atoms with van der Waals surface area (Å²) in [7, 11) is 0. The molecule has 0 saturated heterocycles. The largest absolute Gasteiger partial charge is 0.298 e. The molecule has 0 aliphatic rings. The molecule has 0 unspecified atom stereocenters. The lowest BCUT2D eigenvalue weighted by atomic mass is 10.1. The van der Waals surface area contributed by atoms with E-state index in [4.69, 9.17) is 5.26 Å². The van der Waals surface area contributed by atoms with Crippen LogP contribution < -0.4 is 0 Å². The molecule has 0 N–H and O–H groups in total. The molecule has 0 aliphatic heterocycles. The highest BCUT2D eigenvalue weighted by molar-refractivity contribution is 5.78. The van der Waals surface area contributed by atoms with Gasteiger partial charge in [-0.3, -0.25) is 4.79 Å². The molecular weight excluding hydrogens is 197 g/mol. The van der Waals surface area contributed by atoms with E-state index >= 15 is 0 Å². The number of aldehydes is 1. The zero-order valence-corrected chi connectivity index (χ0v) is 6.67. The van der Waals surface area contributed by atoms with Gasteiger partial charge in [-0.15, -0.1) is 0 Å². The normalized spacial score (nSPS) is 9.93. The minimum absolute atomic E-state index is 0.0562. The molecule has 14 heavy (non-hydrogen) atoms. The van der Waals surface area contributed by atoms with E-state index in [1.165, 1.54) is 6.07 Å². The lowest BCUT2D eigenvalue weighted by Crippen LogP contribution is -2.02. The quantitative estimate of drug-likeness (QED) is 0.684. The molecule has 0 radical (unpaired) electrons. The Kier molecular flexibility index (Phi) is 2.82. The van der Waals surface area contributed by atoms with E-state index in [1.807, 2.05) is 0 Å². The van der Waals surface area contributed by atoms with Crippen molar-refractivity contribution in [1.29, 1.82) is 5.26 Å². The Morgan fingerprint density at radius 3 is 2.64 bits per heavy atom. The third-order valence-corrected chi connectivity index (χ3v) is 1.55. The second-order valence-electron chi connectivity index (χ2n) is 2.32. The summed E-state index contributed by atoms with van der Waals surface area (Å²) < 4.78 is 37.4. The molecule has 0 saturated carbocycles. The van der Waals surface area contributed by atoms with Gasteiger partial charge in [0, 0.05) is 11.8 Å². The first-order valence-corrected chi connectivity index (χ1v) is 3.43. The van der Waals surface area contributed by atoms with Crippen LogP contribution in [0.15, 0.2) is 6.20 Å². The van der Waals surface area contributed by atoms with Gasteiger partial charge in [-0.25, -0.2) is 18.2 Å². The molecule has 3 nitrogen and oxygen atoms in total. The van der Waals surface area contributed by atoms with Crippen molar-refractivity contribution in [2.24, 2.45) is 0 Å². The third-order valence-electron chi connectivity index (χ3n) is 1.55. The smallest absolute Gasteiger partial charge is 0.266 e. The van der Waals surface area contributed by atoms with Gasteiger partial charge in [0.15, 0.2) is 17.8 Å². The zero-order chi connectivity index (χ0) is 10.7. The van der Waals surface area contributed by atoms with Gasteiger partial charge in [0.1, 0.15) is 6.07 Å². The van der Waals surface area contributed by atoms with Gasteiger partial charge in [0.2, 0.25) is 0 Å². The van der Waals surface area contributed by atoms with E-state index in [0.29, 0.717) is 6.20 Å². The third kappa shape index (κ3) is 1.57. The highest BCUT2D eigenvalue weighted by atomic mass is 19.3. The summed E-state index contributed by atoms with van der Waals surface area (Å²) in [5.41, 5.74) is -2.29. The molecule has 0 bridgehead atoms. The molecule has 0 spiro atoms. The van der Waals surface area contributed by atoms with Crippen molar-refractivity contribution in [3.8, 4) is 6.07 Å². The highest BCUT2D eigenvalue weighted by Crippen LogP contribution is 2.23. The van der Waals surface area contributed by atoms with Crippen LogP contribution in [-0.4, -0.2) is 11.3 Å². The zero-order valence-electron chi connectivity index (χ0n) is 6.67. The number of nitriles is 1. The highest BCUT2D eigenvalue weighted by Gasteiger charge is 2.19. The molecule has 0 amide bonds. The van der Waals surface area contributed by atoms with Crippen LogP contribution in [0.2, 0.25) is 0 Å². The Balaban J connectivity index is 3.45. The molecule has 0 aromatic carbocycles. The van der Waals surface area contributed by atoms with Crippen LogP contribution in [0.3, 0.4) is 0 Å². The average molecular weight is 200 g/mol. The maximum atomic E-state index is 13.0. The van der Waals surface area contributed by atoms with Crippen LogP contribution in [0.5, 0.6) is 0 Å². The number of carbonyl (C=O) groups is 1. The lowest BCUT2D eigenvalue weighted by Gasteiger charge is -2.03. The molecular formula is C8H3F3N2O. The summed E-state index contributed by atoms with van der Waals surface area (Å²) in [6, 6.07) is 1.35.